The Morgan fingerprint density at radius 2 is 1.60 bits per heavy atom. The first-order valence-electron chi connectivity index (χ1n) is 10.7. The maximum atomic E-state index is 4.64. The fourth-order valence-electron chi connectivity index (χ4n) is 3.67. The molecule has 4 aromatic rings. The molecule has 0 amide bonds. The predicted molar refractivity (Wildman–Crippen MR) is 128 cm³/mol. The second-order valence-electron chi connectivity index (χ2n) is 9.36. The number of aromatic nitrogens is 2. The molecule has 1 aromatic heterocycles. The quantitative estimate of drug-likeness (QED) is 0.391. The molecule has 30 heavy (non-hydrogen) atoms. The molecule has 0 saturated carbocycles. The lowest BCUT2D eigenvalue weighted by Gasteiger charge is -2.19. The van der Waals surface area contributed by atoms with Gasteiger partial charge in [0.2, 0.25) is 0 Å². The van der Waals surface area contributed by atoms with Gasteiger partial charge in [-0.25, -0.2) is 4.98 Å². The number of benzene rings is 3. The van der Waals surface area contributed by atoms with Crippen LogP contribution in [0.25, 0.3) is 16.7 Å². The molecule has 1 N–H and O–H groups in total. The summed E-state index contributed by atoms with van der Waals surface area (Å²) in [5, 5.41) is 3.53. The van der Waals surface area contributed by atoms with Crippen molar-refractivity contribution >= 4 is 16.7 Å². The summed E-state index contributed by atoms with van der Waals surface area (Å²) in [6.07, 6.45) is 1.91. The van der Waals surface area contributed by atoms with Crippen LogP contribution in [0.2, 0.25) is 0 Å². The zero-order valence-electron chi connectivity index (χ0n) is 18.6. The summed E-state index contributed by atoms with van der Waals surface area (Å²) in [5.74, 6) is 0.564. The van der Waals surface area contributed by atoms with Crippen molar-refractivity contribution in [3.05, 3.63) is 89.7 Å². The molecule has 0 saturated heterocycles. The zero-order chi connectivity index (χ0) is 21.3. The highest BCUT2D eigenvalue weighted by atomic mass is 15.0. The van der Waals surface area contributed by atoms with Crippen molar-refractivity contribution in [3.8, 4) is 5.69 Å². The Morgan fingerprint density at radius 1 is 0.900 bits per heavy atom. The molecule has 154 valence electrons. The minimum Gasteiger partial charge on any atom is -0.381 e. The van der Waals surface area contributed by atoms with Crippen LogP contribution in [0, 0.1) is 0 Å². The number of nitrogens with one attached hydrogen (secondary N) is 1. The predicted octanol–water partition coefficient (Wildman–Crippen LogP) is 7.06. The maximum Gasteiger partial charge on any atom is 0.100 e. The smallest absolute Gasteiger partial charge is 0.100 e. The number of rotatable bonds is 5. The first-order valence-corrected chi connectivity index (χ1v) is 10.7. The van der Waals surface area contributed by atoms with E-state index in [1.807, 2.05) is 6.33 Å². The van der Waals surface area contributed by atoms with Gasteiger partial charge in [-0.15, -0.1) is 0 Å². The summed E-state index contributed by atoms with van der Waals surface area (Å²) in [6, 6.07) is 24.0. The van der Waals surface area contributed by atoms with E-state index in [-0.39, 0.29) is 5.41 Å². The van der Waals surface area contributed by atoms with Crippen LogP contribution in [0.1, 0.15) is 57.2 Å². The molecule has 4 rings (SSSR count). The first kappa shape index (κ1) is 20.2. The van der Waals surface area contributed by atoms with Gasteiger partial charge in [-0.1, -0.05) is 71.0 Å². The summed E-state index contributed by atoms with van der Waals surface area (Å²) in [6.45, 7) is 12.0. The average molecular weight is 398 g/mol. The molecule has 0 atom stereocenters. The Morgan fingerprint density at radius 3 is 2.23 bits per heavy atom. The van der Waals surface area contributed by atoms with E-state index in [4.69, 9.17) is 0 Å². The van der Waals surface area contributed by atoms with E-state index in [2.05, 4.69) is 116 Å². The lowest BCUT2D eigenvalue weighted by molar-refractivity contribution is 0.590. The van der Waals surface area contributed by atoms with Gasteiger partial charge in [0.1, 0.15) is 6.33 Å². The number of imidazole rings is 1. The normalized spacial score (nSPS) is 11.9. The number of hydrogen-bond donors (Lipinski definition) is 1. The first-order chi connectivity index (χ1) is 14.3. The van der Waals surface area contributed by atoms with E-state index in [0.29, 0.717) is 5.92 Å². The highest BCUT2D eigenvalue weighted by Gasteiger charge is 2.13. The van der Waals surface area contributed by atoms with E-state index in [1.54, 1.807) is 0 Å². The molecule has 3 aromatic carbocycles. The van der Waals surface area contributed by atoms with Crippen LogP contribution in [-0.2, 0) is 12.0 Å². The highest BCUT2D eigenvalue weighted by molar-refractivity contribution is 5.81. The van der Waals surface area contributed by atoms with Crippen molar-refractivity contribution in [1.29, 1.82) is 0 Å². The van der Waals surface area contributed by atoms with Gasteiger partial charge in [-0.3, -0.25) is 4.57 Å². The van der Waals surface area contributed by atoms with Gasteiger partial charge in [-0.05, 0) is 58.4 Å². The van der Waals surface area contributed by atoms with Gasteiger partial charge < -0.3 is 5.32 Å². The number of nitrogens with zero attached hydrogens (tertiary/aromatic N) is 2. The Kier molecular flexibility index (Phi) is 5.38. The molecule has 0 aliphatic heterocycles. The van der Waals surface area contributed by atoms with E-state index in [0.717, 1.165) is 29.0 Å². The molecule has 0 bridgehead atoms. The van der Waals surface area contributed by atoms with Crippen molar-refractivity contribution in [2.24, 2.45) is 0 Å². The molecule has 0 aliphatic rings. The zero-order valence-corrected chi connectivity index (χ0v) is 18.6. The van der Waals surface area contributed by atoms with Gasteiger partial charge in [0.25, 0.3) is 0 Å². The second kappa shape index (κ2) is 7.98. The Labute approximate surface area is 179 Å². The Hall–Kier alpha value is -3.07. The van der Waals surface area contributed by atoms with Gasteiger partial charge in [0.15, 0.2) is 0 Å². The lowest BCUT2D eigenvalue weighted by Crippen LogP contribution is -2.10. The summed E-state index contributed by atoms with van der Waals surface area (Å²) in [5.41, 5.74) is 8.49. The monoisotopic (exact) mass is 397 g/mol. The third-order valence-corrected chi connectivity index (χ3v) is 5.70. The fraction of sp³-hybridized carbons (Fsp3) is 0.296. The molecule has 3 nitrogen and oxygen atoms in total. The van der Waals surface area contributed by atoms with Crippen LogP contribution in [0.3, 0.4) is 0 Å². The van der Waals surface area contributed by atoms with Crippen LogP contribution in [0.5, 0.6) is 0 Å². The number of fused-ring (bicyclic) bond motifs is 1. The molecule has 1 heterocycles. The van der Waals surface area contributed by atoms with E-state index < -0.39 is 0 Å². The number of anilines is 1. The number of hydrogen-bond acceptors (Lipinski definition) is 2. The molecule has 3 heteroatoms. The lowest BCUT2D eigenvalue weighted by atomic mass is 9.87. The summed E-state index contributed by atoms with van der Waals surface area (Å²) < 4.78 is 2.15. The molecule has 0 spiro atoms. The largest absolute Gasteiger partial charge is 0.381 e. The SMILES string of the molecule is CC(C)c1ccc(CNc2ccc3c(c2)ncn3-c2ccc(C(C)(C)C)cc2)cc1. The van der Waals surface area contributed by atoms with Crippen LogP contribution >= 0.6 is 0 Å². The molecule has 0 unspecified atom stereocenters. The average Bonchev–Trinajstić information content (AvgIpc) is 3.15. The molecule has 0 aliphatic carbocycles. The highest BCUT2D eigenvalue weighted by Crippen LogP contribution is 2.26. The summed E-state index contributed by atoms with van der Waals surface area (Å²) in [4.78, 5) is 4.64. The summed E-state index contributed by atoms with van der Waals surface area (Å²) in [7, 11) is 0. The molecule has 0 radical (unpaired) electrons. The molecular formula is C27H31N3. The van der Waals surface area contributed by atoms with E-state index in [1.165, 1.54) is 16.7 Å². The van der Waals surface area contributed by atoms with Gasteiger partial charge >= 0.3 is 0 Å². The standard InChI is InChI=1S/C27H31N3/c1-19(2)21-8-6-20(7-9-21)17-28-23-12-15-26-25(16-23)29-18-30(26)24-13-10-22(11-14-24)27(3,4)5/h6-16,18-19,28H,17H2,1-5H3. The van der Waals surface area contributed by atoms with Gasteiger partial charge in [0, 0.05) is 17.9 Å². The van der Waals surface area contributed by atoms with Crippen LogP contribution in [0.4, 0.5) is 5.69 Å². The van der Waals surface area contributed by atoms with Crippen molar-refractivity contribution in [2.75, 3.05) is 5.32 Å². The van der Waals surface area contributed by atoms with E-state index >= 15 is 0 Å². The minimum atomic E-state index is 0.158. The topological polar surface area (TPSA) is 29.9 Å². The Bertz CT molecular complexity index is 1130. The third kappa shape index (κ3) is 4.25. The molecule has 0 fully saturated rings. The van der Waals surface area contributed by atoms with Crippen LogP contribution in [-0.4, -0.2) is 9.55 Å². The summed E-state index contributed by atoms with van der Waals surface area (Å²) >= 11 is 0. The minimum absolute atomic E-state index is 0.158. The van der Waals surface area contributed by atoms with Gasteiger partial charge in [0.05, 0.1) is 11.0 Å². The Balaban J connectivity index is 1.50. The maximum absolute atomic E-state index is 4.64. The van der Waals surface area contributed by atoms with Crippen molar-refractivity contribution in [2.45, 2.75) is 52.5 Å². The van der Waals surface area contributed by atoms with Gasteiger partial charge in [-0.2, -0.15) is 0 Å². The second-order valence-corrected chi connectivity index (χ2v) is 9.36. The van der Waals surface area contributed by atoms with Crippen molar-refractivity contribution < 1.29 is 0 Å². The van der Waals surface area contributed by atoms with E-state index in [9.17, 15) is 0 Å². The molecular weight excluding hydrogens is 366 g/mol. The van der Waals surface area contributed by atoms with Crippen molar-refractivity contribution in [1.82, 2.24) is 9.55 Å². The van der Waals surface area contributed by atoms with Crippen molar-refractivity contribution in [3.63, 3.8) is 0 Å². The van der Waals surface area contributed by atoms with Crippen LogP contribution in [0.15, 0.2) is 73.1 Å². The third-order valence-electron chi connectivity index (χ3n) is 5.70. The fourth-order valence-corrected chi connectivity index (χ4v) is 3.67. The van der Waals surface area contributed by atoms with Crippen LogP contribution < -0.4 is 5.32 Å².